The Morgan fingerprint density at radius 2 is 2.20 bits per heavy atom. The number of anilines is 1. The molecule has 0 fully saturated rings. The molecule has 0 radical (unpaired) electrons. The quantitative estimate of drug-likeness (QED) is 0.508. The van der Waals surface area contributed by atoms with Gasteiger partial charge >= 0.3 is 0 Å². The van der Waals surface area contributed by atoms with Gasteiger partial charge in [-0.1, -0.05) is 13.8 Å². The maximum absolute atomic E-state index is 11.9. The minimum atomic E-state index is -0.494. The molecule has 8 heteroatoms. The summed E-state index contributed by atoms with van der Waals surface area (Å²) in [5.41, 5.74) is 0.872. The Balaban J connectivity index is 1.81. The van der Waals surface area contributed by atoms with Gasteiger partial charge in [0.05, 0.1) is 11.5 Å². The molecule has 1 aromatic carbocycles. The van der Waals surface area contributed by atoms with Crippen molar-refractivity contribution in [2.45, 2.75) is 52.1 Å². The van der Waals surface area contributed by atoms with E-state index in [1.807, 2.05) is 4.68 Å². The average Bonchev–Trinajstić information content (AvgIpc) is 2.98. The fourth-order valence-corrected chi connectivity index (χ4v) is 2.97. The largest absolute Gasteiger partial charge is 0.380 e. The number of aromatic nitrogens is 3. The van der Waals surface area contributed by atoms with Crippen LogP contribution in [0.2, 0.25) is 0 Å². The second-order valence-corrected chi connectivity index (χ2v) is 6.65. The minimum absolute atomic E-state index is 0.0838. The monoisotopic (exact) mass is 343 g/mol. The van der Waals surface area contributed by atoms with E-state index in [1.165, 1.54) is 19.1 Å². The number of hydrogen-bond acceptors (Lipinski definition) is 6. The van der Waals surface area contributed by atoms with Gasteiger partial charge < -0.3 is 5.32 Å². The summed E-state index contributed by atoms with van der Waals surface area (Å²) in [4.78, 5) is 26.9. The van der Waals surface area contributed by atoms with Gasteiger partial charge in [-0.05, 0) is 19.4 Å². The normalized spacial score (nSPS) is 16.6. The molecule has 132 valence electrons. The number of ketones is 1. The van der Waals surface area contributed by atoms with Gasteiger partial charge in [0.1, 0.15) is 5.82 Å². The Morgan fingerprint density at radius 1 is 1.44 bits per heavy atom. The number of aryl methyl sites for hydroxylation is 1. The van der Waals surface area contributed by atoms with E-state index in [0.29, 0.717) is 17.8 Å². The van der Waals surface area contributed by atoms with Crippen molar-refractivity contribution < 1.29 is 9.72 Å². The first-order chi connectivity index (χ1) is 11.8. The third-order valence-electron chi connectivity index (χ3n) is 4.34. The van der Waals surface area contributed by atoms with Crippen molar-refractivity contribution in [3.8, 4) is 0 Å². The van der Waals surface area contributed by atoms with Gasteiger partial charge in [-0.15, -0.1) is 0 Å². The minimum Gasteiger partial charge on any atom is -0.380 e. The van der Waals surface area contributed by atoms with Crippen LogP contribution >= 0.6 is 0 Å². The number of non-ortho nitro benzene ring substituents is 1. The third-order valence-corrected chi connectivity index (χ3v) is 4.34. The zero-order valence-corrected chi connectivity index (χ0v) is 14.5. The lowest BCUT2D eigenvalue weighted by Crippen LogP contribution is -2.32. The Kier molecular flexibility index (Phi) is 4.52. The predicted octanol–water partition coefficient (Wildman–Crippen LogP) is 2.94. The van der Waals surface area contributed by atoms with Crippen molar-refractivity contribution in [1.29, 1.82) is 0 Å². The van der Waals surface area contributed by atoms with Crippen molar-refractivity contribution in [3.05, 3.63) is 45.5 Å². The molecular weight excluding hydrogens is 322 g/mol. The van der Waals surface area contributed by atoms with Crippen LogP contribution in [0, 0.1) is 10.1 Å². The molecule has 0 saturated heterocycles. The van der Waals surface area contributed by atoms with E-state index in [2.05, 4.69) is 29.2 Å². The first-order valence-electron chi connectivity index (χ1n) is 8.34. The van der Waals surface area contributed by atoms with Crippen LogP contribution in [0.25, 0.3) is 0 Å². The standard InChI is InChI=1S/C17H21N5O3/c1-10(2)17-19-16-7-4-12(9-21(16)20-17)18-15-6-5-13(22(24)25)8-14(15)11(3)23/h5-6,8,10,12,18H,4,7,9H2,1-3H3/t12-/m1/s1. The number of rotatable bonds is 5. The van der Waals surface area contributed by atoms with Crippen molar-refractivity contribution >= 4 is 17.2 Å². The maximum Gasteiger partial charge on any atom is 0.270 e. The third kappa shape index (κ3) is 3.52. The average molecular weight is 343 g/mol. The molecule has 2 heterocycles. The summed E-state index contributed by atoms with van der Waals surface area (Å²) >= 11 is 0. The van der Waals surface area contributed by atoms with E-state index in [1.54, 1.807) is 6.07 Å². The number of hydrogen-bond donors (Lipinski definition) is 1. The molecular formula is C17H21N5O3. The van der Waals surface area contributed by atoms with Crippen LogP contribution < -0.4 is 5.32 Å². The highest BCUT2D eigenvalue weighted by Gasteiger charge is 2.24. The lowest BCUT2D eigenvalue weighted by atomic mass is 10.0. The first-order valence-corrected chi connectivity index (χ1v) is 8.34. The van der Waals surface area contributed by atoms with E-state index < -0.39 is 4.92 Å². The zero-order chi connectivity index (χ0) is 18.1. The molecule has 3 rings (SSSR count). The lowest BCUT2D eigenvalue weighted by molar-refractivity contribution is -0.384. The number of carbonyl (C=O) groups excluding carboxylic acids is 1. The molecule has 0 unspecified atom stereocenters. The molecule has 2 aromatic rings. The van der Waals surface area contributed by atoms with Gasteiger partial charge in [-0.2, -0.15) is 5.10 Å². The van der Waals surface area contributed by atoms with Crippen molar-refractivity contribution in [2.24, 2.45) is 0 Å². The van der Waals surface area contributed by atoms with Crippen LogP contribution in [0.4, 0.5) is 11.4 Å². The molecule has 0 bridgehead atoms. The molecule has 1 atom stereocenters. The molecule has 1 N–H and O–H groups in total. The van der Waals surface area contributed by atoms with Crippen molar-refractivity contribution in [2.75, 3.05) is 5.32 Å². The smallest absolute Gasteiger partial charge is 0.270 e. The van der Waals surface area contributed by atoms with E-state index >= 15 is 0 Å². The number of carbonyl (C=O) groups is 1. The summed E-state index contributed by atoms with van der Waals surface area (Å²) in [6.07, 6.45) is 1.67. The second-order valence-electron chi connectivity index (χ2n) is 6.65. The highest BCUT2D eigenvalue weighted by Crippen LogP contribution is 2.26. The molecule has 25 heavy (non-hydrogen) atoms. The Labute approximate surface area is 145 Å². The van der Waals surface area contributed by atoms with E-state index in [-0.39, 0.29) is 23.4 Å². The zero-order valence-electron chi connectivity index (χ0n) is 14.5. The molecule has 1 aromatic heterocycles. The number of nitrogens with zero attached hydrogens (tertiary/aromatic N) is 4. The SMILES string of the molecule is CC(=O)c1cc([N+](=O)[O-])ccc1N[C@@H]1CCc2nc(C(C)C)nn2C1. The van der Waals surface area contributed by atoms with Crippen LogP contribution in [0.3, 0.4) is 0 Å². The van der Waals surface area contributed by atoms with Gasteiger partial charge in [-0.25, -0.2) is 9.67 Å². The van der Waals surface area contributed by atoms with Gasteiger partial charge in [0.15, 0.2) is 11.6 Å². The number of benzene rings is 1. The highest BCUT2D eigenvalue weighted by atomic mass is 16.6. The molecule has 0 amide bonds. The summed E-state index contributed by atoms with van der Waals surface area (Å²) in [6.45, 7) is 6.19. The van der Waals surface area contributed by atoms with E-state index in [0.717, 1.165) is 24.5 Å². The van der Waals surface area contributed by atoms with Gasteiger partial charge in [0.25, 0.3) is 5.69 Å². The number of nitro benzene ring substituents is 1. The molecule has 1 aliphatic heterocycles. The first kappa shape index (κ1) is 17.1. The van der Waals surface area contributed by atoms with Crippen LogP contribution in [0.15, 0.2) is 18.2 Å². The highest BCUT2D eigenvalue weighted by molar-refractivity contribution is 6.00. The van der Waals surface area contributed by atoms with Crippen molar-refractivity contribution in [3.63, 3.8) is 0 Å². The van der Waals surface area contributed by atoms with Crippen LogP contribution in [-0.2, 0) is 13.0 Å². The topological polar surface area (TPSA) is 103 Å². The van der Waals surface area contributed by atoms with E-state index in [4.69, 9.17) is 0 Å². The maximum atomic E-state index is 11.9. The fourth-order valence-electron chi connectivity index (χ4n) is 2.97. The summed E-state index contributed by atoms with van der Waals surface area (Å²) in [5.74, 6) is 1.90. The van der Waals surface area contributed by atoms with Crippen LogP contribution in [0.1, 0.15) is 55.1 Å². The summed E-state index contributed by atoms with van der Waals surface area (Å²) in [6, 6.07) is 4.43. The predicted molar refractivity (Wildman–Crippen MR) is 92.9 cm³/mol. The van der Waals surface area contributed by atoms with Gasteiger partial charge in [0, 0.05) is 41.8 Å². The summed E-state index contributed by atoms with van der Waals surface area (Å²) in [5, 5.41) is 18.8. The fraction of sp³-hybridized carbons (Fsp3) is 0.471. The Hall–Kier alpha value is -2.77. The Morgan fingerprint density at radius 3 is 2.84 bits per heavy atom. The molecule has 8 nitrogen and oxygen atoms in total. The number of Topliss-reactive ketones (excluding diaryl/α,β-unsaturated/α-hetero) is 1. The van der Waals surface area contributed by atoms with Gasteiger partial charge in [-0.3, -0.25) is 14.9 Å². The Bertz CT molecular complexity index is 828. The number of nitrogens with one attached hydrogen (secondary N) is 1. The van der Waals surface area contributed by atoms with Crippen LogP contribution in [0.5, 0.6) is 0 Å². The number of fused-ring (bicyclic) bond motifs is 1. The molecule has 1 aliphatic rings. The van der Waals surface area contributed by atoms with E-state index in [9.17, 15) is 14.9 Å². The second kappa shape index (κ2) is 6.62. The molecule has 0 aliphatic carbocycles. The number of nitro groups is 1. The summed E-state index contributed by atoms with van der Waals surface area (Å²) < 4.78 is 1.91. The lowest BCUT2D eigenvalue weighted by Gasteiger charge is -2.25. The molecule has 0 saturated carbocycles. The van der Waals surface area contributed by atoms with Gasteiger partial charge in [0.2, 0.25) is 0 Å². The van der Waals surface area contributed by atoms with Crippen LogP contribution in [-0.4, -0.2) is 31.5 Å². The molecule has 0 spiro atoms. The summed E-state index contributed by atoms with van der Waals surface area (Å²) in [7, 11) is 0. The van der Waals surface area contributed by atoms with Crippen molar-refractivity contribution in [1.82, 2.24) is 14.8 Å².